The molecule has 0 aromatic carbocycles. The highest BCUT2D eigenvalue weighted by molar-refractivity contribution is 5.99. The van der Waals surface area contributed by atoms with Crippen LogP contribution >= 0.6 is 0 Å². The van der Waals surface area contributed by atoms with Gasteiger partial charge in [0.1, 0.15) is 11.6 Å². The molecule has 1 saturated heterocycles. The van der Waals surface area contributed by atoms with Crippen molar-refractivity contribution in [2.45, 2.75) is 64.0 Å². The molecule has 0 spiro atoms. The summed E-state index contributed by atoms with van der Waals surface area (Å²) >= 11 is 0. The van der Waals surface area contributed by atoms with E-state index in [9.17, 15) is 9.59 Å². The van der Waals surface area contributed by atoms with Crippen molar-refractivity contribution in [2.24, 2.45) is 11.8 Å². The second-order valence-corrected chi connectivity index (χ2v) is 6.73. The van der Waals surface area contributed by atoms with Crippen molar-refractivity contribution < 1.29 is 9.59 Å². The lowest BCUT2D eigenvalue weighted by molar-refractivity contribution is -0.154. The number of piperazine rings is 1. The molecule has 2 saturated carbocycles. The van der Waals surface area contributed by atoms with Crippen LogP contribution in [0.2, 0.25) is 0 Å². The molecule has 2 amide bonds. The van der Waals surface area contributed by atoms with Crippen molar-refractivity contribution in [3.8, 4) is 0 Å². The van der Waals surface area contributed by atoms with Gasteiger partial charge in [-0.15, -0.1) is 0 Å². The number of hydrogen-bond donors (Lipinski definition) is 1. The summed E-state index contributed by atoms with van der Waals surface area (Å²) < 4.78 is 0. The zero-order chi connectivity index (χ0) is 13.6. The van der Waals surface area contributed by atoms with Crippen LogP contribution in [0.4, 0.5) is 0 Å². The highest BCUT2D eigenvalue weighted by Crippen LogP contribution is 2.42. The Morgan fingerprint density at radius 2 is 1.95 bits per heavy atom. The van der Waals surface area contributed by atoms with E-state index >= 15 is 0 Å². The molecule has 1 heterocycles. The summed E-state index contributed by atoms with van der Waals surface area (Å²) in [5.41, 5.74) is -0.636. The van der Waals surface area contributed by atoms with Crippen LogP contribution in [0.3, 0.4) is 0 Å². The van der Waals surface area contributed by atoms with Crippen molar-refractivity contribution in [1.82, 2.24) is 10.2 Å². The minimum Gasteiger partial charge on any atom is -0.340 e. The Kier molecular flexibility index (Phi) is 3.06. The molecule has 3 rings (SSSR count). The van der Waals surface area contributed by atoms with Crippen molar-refractivity contribution in [2.75, 3.05) is 6.54 Å². The van der Waals surface area contributed by atoms with Crippen LogP contribution < -0.4 is 5.32 Å². The lowest BCUT2D eigenvalue weighted by Crippen LogP contribution is -2.69. The normalized spacial score (nSPS) is 36.1. The zero-order valence-corrected chi connectivity index (χ0v) is 11.9. The summed E-state index contributed by atoms with van der Waals surface area (Å²) in [6.45, 7) is 4.51. The Bertz CT molecular complexity index is 401. The summed E-state index contributed by atoms with van der Waals surface area (Å²) in [7, 11) is 0. The summed E-state index contributed by atoms with van der Waals surface area (Å²) in [6, 6.07) is -0.306. The Hall–Kier alpha value is -1.06. The molecule has 2 unspecified atom stereocenters. The second-order valence-electron chi connectivity index (χ2n) is 6.73. The maximum absolute atomic E-state index is 12.7. The van der Waals surface area contributed by atoms with Gasteiger partial charge in [0.2, 0.25) is 11.8 Å². The van der Waals surface area contributed by atoms with Gasteiger partial charge in [0.15, 0.2) is 0 Å². The monoisotopic (exact) mass is 264 g/mol. The van der Waals surface area contributed by atoms with Crippen LogP contribution in [0.5, 0.6) is 0 Å². The highest BCUT2D eigenvalue weighted by Gasteiger charge is 2.54. The first-order valence-electron chi connectivity index (χ1n) is 7.65. The van der Waals surface area contributed by atoms with E-state index in [1.54, 1.807) is 0 Å². The van der Waals surface area contributed by atoms with Gasteiger partial charge >= 0.3 is 0 Å². The van der Waals surface area contributed by atoms with Gasteiger partial charge in [-0.3, -0.25) is 9.59 Å². The molecule has 0 aromatic rings. The van der Waals surface area contributed by atoms with E-state index in [0.29, 0.717) is 5.92 Å². The van der Waals surface area contributed by atoms with Crippen LogP contribution in [-0.2, 0) is 9.59 Å². The van der Waals surface area contributed by atoms with E-state index in [1.807, 2.05) is 18.7 Å². The minimum absolute atomic E-state index is 0.0163. The van der Waals surface area contributed by atoms with Gasteiger partial charge in [-0.05, 0) is 44.9 Å². The lowest BCUT2D eigenvalue weighted by atomic mass is 9.82. The molecule has 0 aromatic heterocycles. The molecule has 2 aliphatic carbocycles. The highest BCUT2D eigenvalue weighted by atomic mass is 16.2. The topological polar surface area (TPSA) is 49.4 Å². The fraction of sp³-hybridized carbons (Fsp3) is 0.867. The quantitative estimate of drug-likeness (QED) is 0.840. The second kappa shape index (κ2) is 4.50. The molecular weight excluding hydrogens is 240 g/mol. The zero-order valence-electron chi connectivity index (χ0n) is 11.9. The largest absolute Gasteiger partial charge is 0.340 e. The molecule has 2 atom stereocenters. The number of nitrogens with zero attached hydrogens (tertiary/aromatic N) is 1. The third-order valence-corrected chi connectivity index (χ3v) is 5.33. The van der Waals surface area contributed by atoms with Gasteiger partial charge in [-0.1, -0.05) is 19.3 Å². The Morgan fingerprint density at radius 3 is 2.47 bits per heavy atom. The average molecular weight is 264 g/mol. The van der Waals surface area contributed by atoms with E-state index in [1.165, 1.54) is 19.3 Å². The molecule has 3 fully saturated rings. The number of carbonyl (C=O) groups is 2. The predicted molar refractivity (Wildman–Crippen MR) is 72.4 cm³/mol. The van der Waals surface area contributed by atoms with E-state index in [-0.39, 0.29) is 17.9 Å². The molecule has 0 bridgehead atoms. The number of carbonyl (C=O) groups excluding carboxylic acids is 2. The Labute approximate surface area is 114 Å². The standard InChI is InChI=1S/C15H24N2O2/c1-10-13(18)16-15(2,12-6-7-12)14(19)17(10)9-8-11-4-3-5-11/h10-12H,3-9H2,1-2H3,(H,16,18). The van der Waals surface area contributed by atoms with E-state index in [4.69, 9.17) is 0 Å². The fourth-order valence-electron chi connectivity index (χ4n) is 3.37. The first-order valence-corrected chi connectivity index (χ1v) is 7.65. The van der Waals surface area contributed by atoms with E-state index < -0.39 is 5.54 Å². The Morgan fingerprint density at radius 1 is 1.26 bits per heavy atom. The van der Waals surface area contributed by atoms with E-state index in [0.717, 1.165) is 31.7 Å². The van der Waals surface area contributed by atoms with Crippen LogP contribution in [-0.4, -0.2) is 34.8 Å². The third kappa shape index (κ3) is 2.15. The molecule has 4 nitrogen and oxygen atoms in total. The Balaban J connectivity index is 1.71. The number of nitrogens with one attached hydrogen (secondary N) is 1. The first kappa shape index (κ1) is 12.9. The van der Waals surface area contributed by atoms with Gasteiger partial charge in [0.25, 0.3) is 0 Å². The van der Waals surface area contributed by atoms with Gasteiger partial charge in [-0.25, -0.2) is 0 Å². The molecule has 1 N–H and O–H groups in total. The summed E-state index contributed by atoms with van der Waals surface area (Å²) in [5.74, 6) is 1.28. The maximum Gasteiger partial charge on any atom is 0.248 e. The van der Waals surface area contributed by atoms with Gasteiger partial charge < -0.3 is 10.2 Å². The van der Waals surface area contributed by atoms with Crippen molar-refractivity contribution >= 4 is 11.8 Å². The van der Waals surface area contributed by atoms with E-state index in [2.05, 4.69) is 5.32 Å². The minimum atomic E-state index is -0.636. The average Bonchev–Trinajstić information content (AvgIpc) is 3.13. The summed E-state index contributed by atoms with van der Waals surface area (Å²) in [4.78, 5) is 26.7. The molecule has 1 aliphatic heterocycles. The SMILES string of the molecule is CC1C(=O)NC(C)(C2CC2)C(=O)N1CCC1CCC1. The first-order chi connectivity index (χ1) is 9.02. The lowest BCUT2D eigenvalue weighted by Gasteiger charge is -2.44. The number of amides is 2. The van der Waals surface area contributed by atoms with Gasteiger partial charge in [-0.2, -0.15) is 0 Å². The van der Waals surface area contributed by atoms with Crippen molar-refractivity contribution in [3.63, 3.8) is 0 Å². The molecular formula is C15H24N2O2. The van der Waals surface area contributed by atoms with Crippen LogP contribution in [0, 0.1) is 11.8 Å². The van der Waals surface area contributed by atoms with Crippen LogP contribution in [0.1, 0.15) is 52.4 Å². The molecule has 3 aliphatic rings. The van der Waals surface area contributed by atoms with Gasteiger partial charge in [0, 0.05) is 6.54 Å². The van der Waals surface area contributed by atoms with Crippen LogP contribution in [0.25, 0.3) is 0 Å². The fourth-order valence-corrected chi connectivity index (χ4v) is 3.37. The van der Waals surface area contributed by atoms with Gasteiger partial charge in [0.05, 0.1) is 0 Å². The predicted octanol–water partition coefficient (Wildman–Crippen LogP) is 1.69. The molecule has 0 radical (unpaired) electrons. The maximum atomic E-state index is 12.7. The van der Waals surface area contributed by atoms with Crippen LogP contribution in [0.15, 0.2) is 0 Å². The smallest absolute Gasteiger partial charge is 0.248 e. The number of hydrogen-bond acceptors (Lipinski definition) is 2. The summed E-state index contributed by atoms with van der Waals surface area (Å²) in [6.07, 6.45) is 7.10. The summed E-state index contributed by atoms with van der Waals surface area (Å²) in [5, 5.41) is 2.97. The molecule has 4 heteroatoms. The van der Waals surface area contributed by atoms with Crippen molar-refractivity contribution in [3.05, 3.63) is 0 Å². The number of rotatable bonds is 4. The third-order valence-electron chi connectivity index (χ3n) is 5.33. The molecule has 106 valence electrons. The van der Waals surface area contributed by atoms with Crippen molar-refractivity contribution in [1.29, 1.82) is 0 Å². The molecule has 19 heavy (non-hydrogen) atoms.